The van der Waals surface area contributed by atoms with E-state index in [2.05, 4.69) is 20.6 Å². The van der Waals surface area contributed by atoms with Gasteiger partial charge >= 0.3 is 6.18 Å². The number of aromatic nitrogens is 1. The fourth-order valence-corrected chi connectivity index (χ4v) is 2.55. The van der Waals surface area contributed by atoms with E-state index in [4.69, 9.17) is 5.84 Å². The van der Waals surface area contributed by atoms with Crippen molar-refractivity contribution in [3.8, 4) is 0 Å². The number of anilines is 2. The van der Waals surface area contributed by atoms with E-state index in [0.29, 0.717) is 12.5 Å². The minimum absolute atomic E-state index is 0.00640. The Hall–Kier alpha value is -1.54. The van der Waals surface area contributed by atoms with Crippen molar-refractivity contribution in [1.29, 1.82) is 0 Å². The fourth-order valence-electron chi connectivity index (χ4n) is 2.55. The number of nitrogens with zero attached hydrogens (tertiary/aromatic N) is 2. The van der Waals surface area contributed by atoms with Crippen LogP contribution in [0.3, 0.4) is 0 Å². The van der Waals surface area contributed by atoms with Crippen LogP contribution >= 0.6 is 0 Å². The minimum atomic E-state index is -4.42. The van der Waals surface area contributed by atoms with Gasteiger partial charge in [0, 0.05) is 13.1 Å². The number of likely N-dealkylation sites (tertiary alicyclic amines) is 1. The lowest BCUT2D eigenvalue weighted by atomic mass is 9.98. The largest absolute Gasteiger partial charge is 0.416 e. The summed E-state index contributed by atoms with van der Waals surface area (Å²) in [6.07, 6.45) is -2.25. The van der Waals surface area contributed by atoms with Gasteiger partial charge in [-0.1, -0.05) is 0 Å². The first-order valence-electron chi connectivity index (χ1n) is 6.87. The van der Waals surface area contributed by atoms with Crippen LogP contribution in [0.15, 0.2) is 12.1 Å². The smallest absolute Gasteiger partial charge is 0.370 e. The number of pyridine rings is 1. The average Bonchev–Trinajstić information content (AvgIpc) is 2.44. The highest BCUT2D eigenvalue weighted by atomic mass is 19.4. The molecule has 0 amide bonds. The molecular weight excluding hydrogens is 283 g/mol. The quantitative estimate of drug-likeness (QED) is 0.587. The molecule has 0 aliphatic carbocycles. The third kappa shape index (κ3) is 4.47. The topological polar surface area (TPSA) is 66.2 Å². The molecule has 8 heteroatoms. The van der Waals surface area contributed by atoms with E-state index in [1.807, 2.05) is 7.05 Å². The molecule has 0 radical (unpaired) electrons. The third-order valence-corrected chi connectivity index (χ3v) is 3.59. The number of hydrogen-bond donors (Lipinski definition) is 3. The first-order chi connectivity index (χ1) is 9.88. The summed E-state index contributed by atoms with van der Waals surface area (Å²) in [5.74, 6) is 5.76. The molecule has 1 saturated heterocycles. The van der Waals surface area contributed by atoms with Gasteiger partial charge in [-0.3, -0.25) is 0 Å². The van der Waals surface area contributed by atoms with Crippen LogP contribution in [0.25, 0.3) is 0 Å². The average molecular weight is 303 g/mol. The molecule has 0 spiro atoms. The zero-order chi connectivity index (χ0) is 15.5. The van der Waals surface area contributed by atoms with Crippen molar-refractivity contribution in [2.24, 2.45) is 11.8 Å². The first kappa shape index (κ1) is 15.8. The van der Waals surface area contributed by atoms with Crippen molar-refractivity contribution in [3.63, 3.8) is 0 Å². The molecule has 1 aromatic rings. The Labute approximate surface area is 121 Å². The van der Waals surface area contributed by atoms with Crippen LogP contribution in [0.2, 0.25) is 0 Å². The zero-order valence-electron chi connectivity index (χ0n) is 11.9. The van der Waals surface area contributed by atoms with Gasteiger partial charge in [0.25, 0.3) is 0 Å². The van der Waals surface area contributed by atoms with Crippen LogP contribution in [-0.2, 0) is 6.18 Å². The van der Waals surface area contributed by atoms with Crippen LogP contribution in [0, 0.1) is 5.92 Å². The number of nitrogens with two attached hydrogens (primary N) is 1. The van der Waals surface area contributed by atoms with Gasteiger partial charge in [0.05, 0.1) is 5.56 Å². The van der Waals surface area contributed by atoms with Crippen molar-refractivity contribution in [2.75, 3.05) is 37.4 Å². The molecule has 2 rings (SSSR count). The van der Waals surface area contributed by atoms with E-state index >= 15 is 0 Å². The summed E-state index contributed by atoms with van der Waals surface area (Å²) >= 11 is 0. The van der Waals surface area contributed by atoms with Crippen molar-refractivity contribution in [3.05, 3.63) is 17.7 Å². The highest BCUT2D eigenvalue weighted by Gasteiger charge is 2.31. The van der Waals surface area contributed by atoms with Crippen LogP contribution in [0.1, 0.15) is 18.4 Å². The number of hydrogen-bond acceptors (Lipinski definition) is 5. The Morgan fingerprint density at radius 1 is 1.38 bits per heavy atom. The SMILES string of the molecule is CN1CCCC(CNc2cc(C(F)(F)F)cc(NN)n2)C1. The molecule has 21 heavy (non-hydrogen) atoms. The van der Waals surface area contributed by atoms with E-state index in [0.717, 1.165) is 38.1 Å². The number of alkyl halides is 3. The summed E-state index contributed by atoms with van der Waals surface area (Å²) in [6, 6.07) is 1.90. The molecule has 1 aliphatic heterocycles. The highest BCUT2D eigenvalue weighted by Crippen LogP contribution is 2.32. The molecule has 4 N–H and O–H groups in total. The molecule has 5 nitrogen and oxygen atoms in total. The standard InChI is InChI=1S/C13H20F3N5/c1-21-4-2-3-9(8-21)7-18-11-5-10(13(14,15)16)6-12(19-11)20-17/h5-6,9H,2-4,7-8,17H2,1H3,(H2,18,19,20). The summed E-state index contributed by atoms with van der Waals surface area (Å²) in [5, 5.41) is 2.99. The lowest BCUT2D eigenvalue weighted by Crippen LogP contribution is -2.35. The number of rotatable bonds is 4. The molecule has 0 bridgehead atoms. The van der Waals surface area contributed by atoms with Crippen molar-refractivity contribution in [2.45, 2.75) is 19.0 Å². The number of nitrogens with one attached hydrogen (secondary N) is 2. The van der Waals surface area contributed by atoms with Gasteiger partial charge in [-0.2, -0.15) is 13.2 Å². The summed E-state index contributed by atoms with van der Waals surface area (Å²) in [7, 11) is 2.05. The molecular formula is C13H20F3N5. The molecule has 118 valence electrons. The van der Waals surface area contributed by atoms with Crippen LogP contribution < -0.4 is 16.6 Å². The van der Waals surface area contributed by atoms with Crippen molar-refractivity contribution < 1.29 is 13.2 Å². The predicted octanol–water partition coefficient (Wildman–Crippen LogP) is 2.14. The molecule has 1 aliphatic rings. The number of nitrogen functional groups attached to an aromatic ring is 1. The van der Waals surface area contributed by atoms with Crippen LogP contribution in [-0.4, -0.2) is 36.6 Å². The maximum Gasteiger partial charge on any atom is 0.416 e. The van der Waals surface area contributed by atoms with Crippen LogP contribution in [0.4, 0.5) is 24.8 Å². The Balaban J connectivity index is 2.05. The Bertz CT molecular complexity index is 477. The summed E-state index contributed by atoms with van der Waals surface area (Å²) < 4.78 is 38.4. The van der Waals surface area contributed by atoms with Gasteiger partial charge in [-0.05, 0) is 44.5 Å². The number of piperidine rings is 1. The van der Waals surface area contributed by atoms with Gasteiger partial charge in [0.2, 0.25) is 0 Å². The van der Waals surface area contributed by atoms with Crippen molar-refractivity contribution in [1.82, 2.24) is 9.88 Å². The van der Waals surface area contributed by atoms with Gasteiger partial charge < -0.3 is 15.6 Å². The molecule has 0 saturated carbocycles. The monoisotopic (exact) mass is 303 g/mol. The maximum atomic E-state index is 12.8. The summed E-state index contributed by atoms with van der Waals surface area (Å²) in [5.41, 5.74) is 1.40. The number of halogens is 3. The lowest BCUT2D eigenvalue weighted by Gasteiger charge is -2.29. The highest BCUT2D eigenvalue weighted by molar-refractivity contribution is 5.49. The number of hydrazine groups is 1. The molecule has 1 aromatic heterocycles. The van der Waals surface area contributed by atoms with Crippen molar-refractivity contribution >= 4 is 11.6 Å². The molecule has 2 heterocycles. The van der Waals surface area contributed by atoms with Gasteiger partial charge in [0.15, 0.2) is 0 Å². The second-order valence-electron chi connectivity index (χ2n) is 5.42. The maximum absolute atomic E-state index is 12.8. The van der Waals surface area contributed by atoms with Gasteiger partial charge in [-0.15, -0.1) is 0 Å². The molecule has 1 unspecified atom stereocenters. The van der Waals surface area contributed by atoms with E-state index < -0.39 is 11.7 Å². The Morgan fingerprint density at radius 2 is 2.10 bits per heavy atom. The minimum Gasteiger partial charge on any atom is -0.370 e. The fraction of sp³-hybridized carbons (Fsp3) is 0.615. The zero-order valence-corrected chi connectivity index (χ0v) is 11.9. The Kier molecular flexibility index (Phi) is 4.89. The van der Waals surface area contributed by atoms with E-state index in [1.165, 1.54) is 0 Å². The van der Waals surface area contributed by atoms with Crippen LogP contribution in [0.5, 0.6) is 0 Å². The third-order valence-electron chi connectivity index (χ3n) is 3.59. The second kappa shape index (κ2) is 6.48. The van der Waals surface area contributed by atoms with E-state index in [1.54, 1.807) is 0 Å². The predicted molar refractivity (Wildman–Crippen MR) is 75.8 cm³/mol. The second-order valence-corrected chi connectivity index (χ2v) is 5.42. The summed E-state index contributed by atoms with van der Waals surface area (Å²) in [4.78, 5) is 6.23. The Morgan fingerprint density at radius 3 is 2.71 bits per heavy atom. The molecule has 0 aromatic carbocycles. The first-order valence-corrected chi connectivity index (χ1v) is 6.87. The van der Waals surface area contributed by atoms with Gasteiger partial charge in [-0.25, -0.2) is 10.8 Å². The normalized spacial score (nSPS) is 20.3. The lowest BCUT2D eigenvalue weighted by molar-refractivity contribution is -0.137. The van der Waals surface area contributed by atoms with Gasteiger partial charge in [0.1, 0.15) is 11.6 Å². The molecule has 1 fully saturated rings. The van der Waals surface area contributed by atoms with E-state index in [-0.39, 0.29) is 11.6 Å². The van der Waals surface area contributed by atoms with E-state index in [9.17, 15) is 13.2 Å². The molecule has 1 atom stereocenters. The summed E-state index contributed by atoms with van der Waals surface area (Å²) in [6.45, 7) is 2.61.